The molecule has 160 valence electrons. The monoisotopic (exact) mass is 422 g/mol. The van der Waals surface area contributed by atoms with Crippen molar-refractivity contribution >= 4 is 17.5 Å². The van der Waals surface area contributed by atoms with E-state index in [-0.39, 0.29) is 30.5 Å². The van der Waals surface area contributed by atoms with Crippen LogP contribution in [0, 0.1) is 11.6 Å². The molecule has 0 aliphatic rings. The summed E-state index contributed by atoms with van der Waals surface area (Å²) in [5.74, 6) is -1.41. The van der Waals surface area contributed by atoms with Crippen LogP contribution in [0.15, 0.2) is 72.8 Å². The third-order valence-electron chi connectivity index (χ3n) is 4.61. The molecule has 2 amide bonds. The molecule has 0 aliphatic heterocycles. The van der Waals surface area contributed by atoms with Gasteiger partial charge in [-0.2, -0.15) is 0 Å². The Morgan fingerprint density at radius 3 is 2.13 bits per heavy atom. The number of hydrogen-bond acceptors (Lipinski definition) is 2. The van der Waals surface area contributed by atoms with E-state index in [2.05, 4.69) is 5.32 Å². The molecule has 0 spiro atoms. The van der Waals surface area contributed by atoms with Crippen molar-refractivity contribution in [3.63, 3.8) is 0 Å². The number of rotatable bonds is 7. The molecule has 3 rings (SSSR count). The number of nitrogens with zero attached hydrogens (tertiary/aromatic N) is 1. The van der Waals surface area contributed by atoms with E-state index in [0.717, 1.165) is 5.56 Å². The summed E-state index contributed by atoms with van der Waals surface area (Å²) in [6.45, 7) is 3.90. The van der Waals surface area contributed by atoms with Crippen molar-refractivity contribution in [2.45, 2.75) is 32.9 Å². The Balaban J connectivity index is 1.88. The van der Waals surface area contributed by atoms with Crippen LogP contribution in [0.5, 0.6) is 0 Å². The van der Waals surface area contributed by atoms with Gasteiger partial charge in [-0.15, -0.1) is 0 Å². The number of benzene rings is 3. The van der Waals surface area contributed by atoms with Crippen molar-refractivity contribution in [2.24, 2.45) is 0 Å². The predicted octanol–water partition coefficient (Wildman–Crippen LogP) is 4.88. The molecule has 31 heavy (non-hydrogen) atoms. The third-order valence-corrected chi connectivity index (χ3v) is 4.61. The standard InChI is InChI=1S/C25H24F2N2O2/c1-17(2)28-24(30)14-18-9-11-23(12-10-18)29(16-19-5-3-7-21(26)13-19)25(31)20-6-4-8-22(27)15-20/h3-13,15,17H,14,16H2,1-2H3,(H,28,30). The van der Waals surface area contributed by atoms with Crippen LogP contribution in [0.1, 0.15) is 35.3 Å². The third kappa shape index (κ3) is 6.22. The van der Waals surface area contributed by atoms with Crippen LogP contribution in [0.2, 0.25) is 0 Å². The lowest BCUT2D eigenvalue weighted by Crippen LogP contribution is -2.31. The van der Waals surface area contributed by atoms with Crippen LogP contribution in [0.25, 0.3) is 0 Å². The van der Waals surface area contributed by atoms with Gasteiger partial charge in [-0.25, -0.2) is 8.78 Å². The largest absolute Gasteiger partial charge is 0.354 e. The fourth-order valence-electron chi connectivity index (χ4n) is 3.23. The summed E-state index contributed by atoms with van der Waals surface area (Å²) in [7, 11) is 0. The average Bonchev–Trinajstić information content (AvgIpc) is 2.72. The molecule has 3 aromatic rings. The minimum atomic E-state index is -0.511. The minimum absolute atomic E-state index is 0.0532. The summed E-state index contributed by atoms with van der Waals surface area (Å²) in [6, 6.07) is 18.5. The fourth-order valence-corrected chi connectivity index (χ4v) is 3.23. The Hall–Kier alpha value is -3.54. The molecule has 0 heterocycles. The SMILES string of the molecule is CC(C)NC(=O)Cc1ccc(N(Cc2cccc(F)c2)C(=O)c2cccc(F)c2)cc1. The van der Waals surface area contributed by atoms with Gasteiger partial charge in [-0.1, -0.05) is 30.3 Å². The maximum atomic E-state index is 13.7. The van der Waals surface area contributed by atoms with Crippen molar-refractivity contribution < 1.29 is 18.4 Å². The molecular weight excluding hydrogens is 398 g/mol. The highest BCUT2D eigenvalue weighted by molar-refractivity contribution is 6.06. The van der Waals surface area contributed by atoms with E-state index in [1.807, 2.05) is 13.8 Å². The number of nitrogens with one attached hydrogen (secondary N) is 1. The smallest absolute Gasteiger partial charge is 0.258 e. The predicted molar refractivity (Wildman–Crippen MR) is 117 cm³/mol. The first-order valence-corrected chi connectivity index (χ1v) is 10.0. The van der Waals surface area contributed by atoms with Crippen molar-refractivity contribution in [1.82, 2.24) is 5.32 Å². The highest BCUT2D eigenvalue weighted by atomic mass is 19.1. The molecule has 3 aromatic carbocycles. The maximum Gasteiger partial charge on any atom is 0.258 e. The molecule has 0 aromatic heterocycles. The zero-order valence-electron chi connectivity index (χ0n) is 17.4. The van der Waals surface area contributed by atoms with Gasteiger partial charge in [0.15, 0.2) is 0 Å². The molecule has 1 N–H and O–H groups in total. The zero-order chi connectivity index (χ0) is 22.4. The molecule has 0 saturated heterocycles. The second kappa shape index (κ2) is 9.98. The highest BCUT2D eigenvalue weighted by Crippen LogP contribution is 2.22. The van der Waals surface area contributed by atoms with Crippen LogP contribution >= 0.6 is 0 Å². The number of carbonyl (C=O) groups is 2. The fraction of sp³-hybridized carbons (Fsp3) is 0.200. The Morgan fingerprint density at radius 1 is 0.871 bits per heavy atom. The Kier molecular flexibility index (Phi) is 7.13. The van der Waals surface area contributed by atoms with Crippen molar-refractivity contribution in [1.29, 1.82) is 0 Å². The molecule has 0 atom stereocenters. The minimum Gasteiger partial charge on any atom is -0.354 e. The molecule has 0 saturated carbocycles. The number of anilines is 1. The van der Waals surface area contributed by atoms with Crippen LogP contribution in [0.3, 0.4) is 0 Å². The van der Waals surface area contributed by atoms with E-state index in [1.54, 1.807) is 36.4 Å². The summed E-state index contributed by atoms with van der Waals surface area (Å²) in [5, 5.41) is 2.84. The quantitative estimate of drug-likeness (QED) is 0.590. The normalized spacial score (nSPS) is 10.7. The molecule has 4 nitrogen and oxygen atoms in total. The van der Waals surface area contributed by atoms with Gasteiger partial charge in [-0.05, 0) is 67.4 Å². The lowest BCUT2D eigenvalue weighted by molar-refractivity contribution is -0.120. The lowest BCUT2D eigenvalue weighted by Gasteiger charge is -2.23. The van der Waals surface area contributed by atoms with Crippen molar-refractivity contribution in [2.75, 3.05) is 4.90 Å². The summed E-state index contributed by atoms with van der Waals surface area (Å²) >= 11 is 0. The number of carbonyl (C=O) groups excluding carboxylic acids is 2. The van der Waals surface area contributed by atoms with Gasteiger partial charge in [0.25, 0.3) is 5.91 Å². The van der Waals surface area contributed by atoms with E-state index in [0.29, 0.717) is 11.3 Å². The van der Waals surface area contributed by atoms with Gasteiger partial charge in [0.1, 0.15) is 11.6 Å². The van der Waals surface area contributed by atoms with Gasteiger partial charge in [-0.3, -0.25) is 9.59 Å². The van der Waals surface area contributed by atoms with Gasteiger partial charge in [0.05, 0.1) is 13.0 Å². The first-order chi connectivity index (χ1) is 14.8. The summed E-state index contributed by atoms with van der Waals surface area (Å²) in [4.78, 5) is 26.6. The average molecular weight is 422 g/mol. The Bertz CT molecular complexity index is 1070. The highest BCUT2D eigenvalue weighted by Gasteiger charge is 2.19. The Labute approximate surface area is 180 Å². The second-order valence-electron chi connectivity index (χ2n) is 7.60. The maximum absolute atomic E-state index is 13.7. The van der Waals surface area contributed by atoms with E-state index in [4.69, 9.17) is 0 Å². The number of amides is 2. The van der Waals surface area contributed by atoms with Crippen LogP contribution < -0.4 is 10.2 Å². The van der Waals surface area contributed by atoms with Crippen LogP contribution in [-0.4, -0.2) is 17.9 Å². The molecular formula is C25H24F2N2O2. The Morgan fingerprint density at radius 2 is 1.52 bits per heavy atom. The summed E-state index contributed by atoms with van der Waals surface area (Å²) in [5.41, 5.74) is 2.15. The molecule has 0 radical (unpaired) electrons. The molecule has 0 bridgehead atoms. The van der Waals surface area contributed by atoms with Gasteiger partial charge < -0.3 is 10.2 Å². The van der Waals surface area contributed by atoms with Crippen LogP contribution in [0.4, 0.5) is 14.5 Å². The van der Waals surface area contributed by atoms with Crippen molar-refractivity contribution in [3.05, 3.63) is 101 Å². The van der Waals surface area contributed by atoms with E-state index in [9.17, 15) is 18.4 Å². The number of halogens is 2. The molecule has 0 aliphatic carbocycles. The van der Waals surface area contributed by atoms with Gasteiger partial charge in [0, 0.05) is 17.3 Å². The van der Waals surface area contributed by atoms with Gasteiger partial charge in [0.2, 0.25) is 5.91 Å². The van der Waals surface area contributed by atoms with Crippen molar-refractivity contribution in [3.8, 4) is 0 Å². The van der Waals surface area contributed by atoms with E-state index >= 15 is 0 Å². The van der Waals surface area contributed by atoms with Gasteiger partial charge >= 0.3 is 0 Å². The zero-order valence-corrected chi connectivity index (χ0v) is 17.4. The van der Waals surface area contributed by atoms with E-state index < -0.39 is 17.5 Å². The number of hydrogen-bond donors (Lipinski definition) is 1. The second-order valence-corrected chi connectivity index (χ2v) is 7.60. The first-order valence-electron chi connectivity index (χ1n) is 10.0. The molecule has 0 fully saturated rings. The molecule has 6 heteroatoms. The van der Waals surface area contributed by atoms with E-state index in [1.165, 1.54) is 41.3 Å². The van der Waals surface area contributed by atoms with Crippen LogP contribution in [-0.2, 0) is 17.8 Å². The first kappa shape index (κ1) is 22.2. The lowest BCUT2D eigenvalue weighted by atomic mass is 10.1. The molecule has 0 unspecified atom stereocenters. The topological polar surface area (TPSA) is 49.4 Å². The summed E-state index contributed by atoms with van der Waals surface area (Å²) in [6.07, 6.45) is 0.222. The summed E-state index contributed by atoms with van der Waals surface area (Å²) < 4.78 is 27.4.